The van der Waals surface area contributed by atoms with E-state index in [0.717, 1.165) is 6.54 Å². The summed E-state index contributed by atoms with van der Waals surface area (Å²) in [5, 5.41) is 2.78. The zero-order chi connectivity index (χ0) is 10.8. The second kappa shape index (κ2) is 3.72. The largest absolute Gasteiger partial charge is 0.396 e. The van der Waals surface area contributed by atoms with Gasteiger partial charge in [-0.25, -0.2) is 9.97 Å². The highest BCUT2D eigenvalue weighted by Gasteiger charge is 2.26. The predicted molar refractivity (Wildman–Crippen MR) is 56.3 cm³/mol. The molecule has 1 aromatic heterocycles. The molecule has 6 nitrogen and oxygen atoms in total. The molecule has 0 aliphatic carbocycles. The maximum Gasteiger partial charge on any atom is 0.242 e. The Bertz CT molecular complexity index is 363. The van der Waals surface area contributed by atoms with Crippen LogP contribution in [0.4, 0.5) is 11.6 Å². The van der Waals surface area contributed by atoms with Crippen molar-refractivity contribution in [3.05, 3.63) is 12.4 Å². The van der Waals surface area contributed by atoms with Crippen LogP contribution in [0, 0.1) is 0 Å². The fourth-order valence-corrected chi connectivity index (χ4v) is 1.54. The van der Waals surface area contributed by atoms with Crippen molar-refractivity contribution in [1.29, 1.82) is 0 Å². The molecule has 1 amide bonds. The van der Waals surface area contributed by atoms with E-state index in [0.29, 0.717) is 18.2 Å². The number of nitrogens with one attached hydrogen (secondary N) is 1. The molecular formula is C9H13N5O. The Kier molecular flexibility index (Phi) is 2.40. The lowest BCUT2D eigenvalue weighted by atomic mass is 10.2. The molecule has 2 heterocycles. The Morgan fingerprint density at radius 3 is 2.87 bits per heavy atom. The number of hydrogen-bond acceptors (Lipinski definition) is 5. The third kappa shape index (κ3) is 1.83. The second-order valence-corrected chi connectivity index (χ2v) is 3.48. The number of piperazine rings is 1. The first-order valence-corrected chi connectivity index (χ1v) is 4.80. The van der Waals surface area contributed by atoms with Gasteiger partial charge in [-0.2, -0.15) is 0 Å². The van der Waals surface area contributed by atoms with Crippen LogP contribution >= 0.6 is 0 Å². The molecule has 0 spiro atoms. The van der Waals surface area contributed by atoms with Crippen molar-refractivity contribution in [2.45, 2.75) is 13.0 Å². The zero-order valence-corrected chi connectivity index (χ0v) is 8.47. The highest BCUT2D eigenvalue weighted by molar-refractivity contribution is 5.85. The summed E-state index contributed by atoms with van der Waals surface area (Å²) in [7, 11) is 0. The van der Waals surface area contributed by atoms with Gasteiger partial charge in [0.15, 0.2) is 0 Å². The minimum Gasteiger partial charge on any atom is -0.396 e. The average Bonchev–Trinajstić information content (AvgIpc) is 2.24. The molecule has 0 bridgehead atoms. The summed E-state index contributed by atoms with van der Waals surface area (Å²) in [6.07, 6.45) is 3.09. The van der Waals surface area contributed by atoms with Crippen molar-refractivity contribution in [2.24, 2.45) is 0 Å². The molecule has 0 saturated carbocycles. The molecule has 1 aliphatic rings. The van der Waals surface area contributed by atoms with Crippen LogP contribution in [0.5, 0.6) is 0 Å². The van der Waals surface area contributed by atoms with Gasteiger partial charge >= 0.3 is 0 Å². The average molecular weight is 207 g/mol. The van der Waals surface area contributed by atoms with Crippen molar-refractivity contribution in [2.75, 3.05) is 23.7 Å². The third-order valence-corrected chi connectivity index (χ3v) is 2.41. The molecule has 1 aliphatic heterocycles. The maximum atomic E-state index is 11.4. The molecule has 80 valence electrons. The molecule has 15 heavy (non-hydrogen) atoms. The van der Waals surface area contributed by atoms with E-state index in [-0.39, 0.29) is 11.9 Å². The van der Waals surface area contributed by atoms with Crippen LogP contribution in [-0.4, -0.2) is 35.0 Å². The summed E-state index contributed by atoms with van der Waals surface area (Å²) in [5.74, 6) is 0.549. The second-order valence-electron chi connectivity index (χ2n) is 3.48. The normalized spacial score (nSPS) is 21.3. The Balaban J connectivity index is 2.22. The molecule has 1 atom stereocenters. The SMILES string of the molecule is CC1C(=O)NCCN1c1ncc(N)cn1. The Hall–Kier alpha value is -1.85. The minimum absolute atomic E-state index is 0.00155. The number of nitrogens with zero attached hydrogens (tertiary/aromatic N) is 3. The monoisotopic (exact) mass is 207 g/mol. The predicted octanol–water partition coefficient (Wildman–Crippen LogP) is -0.617. The fraction of sp³-hybridized carbons (Fsp3) is 0.444. The van der Waals surface area contributed by atoms with E-state index in [1.807, 2.05) is 11.8 Å². The number of rotatable bonds is 1. The zero-order valence-electron chi connectivity index (χ0n) is 8.47. The van der Waals surface area contributed by atoms with E-state index < -0.39 is 0 Å². The Labute approximate surface area is 87.5 Å². The fourth-order valence-electron chi connectivity index (χ4n) is 1.54. The highest BCUT2D eigenvalue weighted by atomic mass is 16.2. The molecule has 0 aromatic carbocycles. The number of hydrogen-bond donors (Lipinski definition) is 2. The van der Waals surface area contributed by atoms with E-state index in [9.17, 15) is 4.79 Å². The van der Waals surface area contributed by atoms with Crippen LogP contribution in [-0.2, 0) is 4.79 Å². The first-order valence-electron chi connectivity index (χ1n) is 4.80. The number of nitrogen functional groups attached to an aromatic ring is 1. The Morgan fingerprint density at radius 2 is 2.20 bits per heavy atom. The lowest BCUT2D eigenvalue weighted by molar-refractivity contribution is -0.122. The van der Waals surface area contributed by atoms with E-state index in [1.54, 1.807) is 12.4 Å². The van der Waals surface area contributed by atoms with E-state index in [1.165, 1.54) is 0 Å². The van der Waals surface area contributed by atoms with Gasteiger partial charge in [0, 0.05) is 13.1 Å². The van der Waals surface area contributed by atoms with Crippen LogP contribution in [0.25, 0.3) is 0 Å². The summed E-state index contributed by atoms with van der Waals surface area (Å²) < 4.78 is 0. The van der Waals surface area contributed by atoms with Gasteiger partial charge in [-0.05, 0) is 6.92 Å². The Morgan fingerprint density at radius 1 is 1.53 bits per heavy atom. The van der Waals surface area contributed by atoms with Gasteiger partial charge < -0.3 is 16.0 Å². The first-order chi connectivity index (χ1) is 7.18. The minimum atomic E-state index is -0.234. The first kappa shape index (κ1) is 9.70. The maximum absolute atomic E-state index is 11.4. The summed E-state index contributed by atoms with van der Waals surface area (Å²) in [6, 6.07) is -0.234. The van der Waals surface area contributed by atoms with Gasteiger partial charge in [-0.1, -0.05) is 0 Å². The van der Waals surface area contributed by atoms with Gasteiger partial charge in [-0.15, -0.1) is 0 Å². The third-order valence-electron chi connectivity index (χ3n) is 2.41. The van der Waals surface area contributed by atoms with Crippen LogP contribution < -0.4 is 16.0 Å². The van der Waals surface area contributed by atoms with Crippen molar-refractivity contribution in [3.63, 3.8) is 0 Å². The van der Waals surface area contributed by atoms with Crippen LogP contribution in [0.3, 0.4) is 0 Å². The molecule has 6 heteroatoms. The number of amides is 1. The van der Waals surface area contributed by atoms with Crippen molar-refractivity contribution in [3.8, 4) is 0 Å². The quantitative estimate of drug-likeness (QED) is 0.641. The van der Waals surface area contributed by atoms with Crippen molar-refractivity contribution < 1.29 is 4.79 Å². The molecule has 0 radical (unpaired) electrons. The van der Waals surface area contributed by atoms with Crippen LogP contribution in [0.2, 0.25) is 0 Å². The standard InChI is InChI=1S/C9H13N5O/c1-6-8(15)11-2-3-14(6)9-12-4-7(10)5-13-9/h4-6H,2-3,10H2,1H3,(H,11,15). The van der Waals surface area contributed by atoms with E-state index in [2.05, 4.69) is 15.3 Å². The van der Waals surface area contributed by atoms with Gasteiger partial charge in [0.2, 0.25) is 11.9 Å². The molecule has 3 N–H and O–H groups in total. The van der Waals surface area contributed by atoms with Gasteiger partial charge in [0.1, 0.15) is 6.04 Å². The van der Waals surface area contributed by atoms with E-state index >= 15 is 0 Å². The lowest BCUT2D eigenvalue weighted by Crippen LogP contribution is -2.54. The number of aromatic nitrogens is 2. The van der Waals surface area contributed by atoms with Crippen LogP contribution in [0.1, 0.15) is 6.92 Å². The number of carbonyl (C=O) groups is 1. The number of anilines is 2. The van der Waals surface area contributed by atoms with Gasteiger partial charge in [-0.3, -0.25) is 4.79 Å². The molecule has 1 saturated heterocycles. The molecule has 1 unspecified atom stereocenters. The van der Waals surface area contributed by atoms with Crippen molar-refractivity contribution in [1.82, 2.24) is 15.3 Å². The van der Waals surface area contributed by atoms with Crippen LogP contribution in [0.15, 0.2) is 12.4 Å². The van der Waals surface area contributed by atoms with Gasteiger partial charge in [0.05, 0.1) is 18.1 Å². The summed E-state index contributed by atoms with van der Waals surface area (Å²) in [5.41, 5.74) is 6.02. The lowest BCUT2D eigenvalue weighted by Gasteiger charge is -2.32. The molecular weight excluding hydrogens is 194 g/mol. The molecule has 1 fully saturated rings. The molecule has 1 aromatic rings. The van der Waals surface area contributed by atoms with E-state index in [4.69, 9.17) is 5.73 Å². The van der Waals surface area contributed by atoms with Gasteiger partial charge in [0.25, 0.3) is 0 Å². The smallest absolute Gasteiger partial charge is 0.242 e. The number of carbonyl (C=O) groups excluding carboxylic acids is 1. The highest BCUT2D eigenvalue weighted by Crippen LogP contribution is 2.13. The summed E-state index contributed by atoms with van der Waals surface area (Å²) >= 11 is 0. The van der Waals surface area contributed by atoms with Crippen molar-refractivity contribution >= 4 is 17.5 Å². The summed E-state index contributed by atoms with van der Waals surface area (Å²) in [6.45, 7) is 3.17. The molecule has 2 rings (SSSR count). The topological polar surface area (TPSA) is 84.1 Å². The number of nitrogens with two attached hydrogens (primary N) is 1. The summed E-state index contributed by atoms with van der Waals surface area (Å²) in [4.78, 5) is 21.5.